The minimum absolute atomic E-state index is 0.200. The van der Waals surface area contributed by atoms with Crippen molar-refractivity contribution >= 4 is 22.6 Å². The number of thioether (sulfide) groups is 1. The number of nitrogens with zero attached hydrogens (tertiary/aromatic N) is 4. The molecule has 3 atom stereocenters. The van der Waals surface area contributed by atoms with Gasteiger partial charge in [0.25, 0.3) is 0 Å². The van der Waals surface area contributed by atoms with Crippen LogP contribution in [0.5, 0.6) is 0 Å². The van der Waals surface area contributed by atoms with Crippen molar-refractivity contribution in [3.63, 3.8) is 0 Å². The molecule has 222 valence electrons. The first kappa shape index (κ1) is 32.1. The lowest BCUT2D eigenvalue weighted by atomic mass is 9.92. The normalized spacial score (nSPS) is 20.6. The second-order valence-electron chi connectivity index (χ2n) is 10.9. The Balaban J connectivity index is 1.57. The average Bonchev–Trinajstić information content (AvgIpc) is 3.35. The van der Waals surface area contributed by atoms with Crippen LogP contribution in [-0.2, 0) is 10.9 Å². The number of likely N-dealkylation sites (N-methyl/N-ethyl adjacent to an activating group) is 1. The fourth-order valence-electron chi connectivity index (χ4n) is 5.35. The molecular formula is C31H45F3N4OS. The minimum Gasteiger partial charge on any atom is -0.464 e. The van der Waals surface area contributed by atoms with Crippen molar-refractivity contribution in [2.24, 2.45) is 10.9 Å². The van der Waals surface area contributed by atoms with Crippen LogP contribution in [0.3, 0.4) is 0 Å². The van der Waals surface area contributed by atoms with E-state index in [2.05, 4.69) is 36.8 Å². The number of rotatable bonds is 11. The minimum atomic E-state index is -4.31. The molecule has 2 saturated heterocycles. The molecule has 0 amide bonds. The smallest absolute Gasteiger partial charge is 0.416 e. The van der Waals surface area contributed by atoms with Gasteiger partial charge in [0, 0.05) is 43.7 Å². The predicted octanol–water partition coefficient (Wildman–Crippen LogP) is 7.78. The Bertz CT molecular complexity index is 1070. The van der Waals surface area contributed by atoms with Crippen molar-refractivity contribution in [1.82, 2.24) is 9.80 Å². The molecule has 2 aliphatic heterocycles. The topological polar surface area (TPSA) is 31.3 Å². The third-order valence-corrected chi connectivity index (χ3v) is 8.98. The van der Waals surface area contributed by atoms with Gasteiger partial charge in [-0.1, -0.05) is 31.8 Å². The molecule has 0 spiro atoms. The molecule has 1 aromatic carbocycles. The van der Waals surface area contributed by atoms with Gasteiger partial charge in [-0.25, -0.2) is 0 Å². The number of hydrogen-bond donors (Lipinski definition) is 0. The van der Waals surface area contributed by atoms with Gasteiger partial charge in [0.15, 0.2) is 5.17 Å². The molecule has 0 aromatic heterocycles. The van der Waals surface area contributed by atoms with E-state index < -0.39 is 11.7 Å². The largest absolute Gasteiger partial charge is 0.464 e. The van der Waals surface area contributed by atoms with E-state index >= 15 is 0 Å². The number of anilines is 1. The summed E-state index contributed by atoms with van der Waals surface area (Å²) in [4.78, 5) is 11.8. The molecular weight excluding hydrogens is 533 g/mol. The monoisotopic (exact) mass is 578 g/mol. The van der Waals surface area contributed by atoms with Crippen molar-refractivity contribution in [2.45, 2.75) is 71.6 Å². The standard InChI is InChI=1S/C31H45F3N4OS/c1-8-23(5)35-30(36(7)24(6)29(22(3)4)39-9-2)40-20-10-17-37-18-15-25-16-19-38(28(25)21-37)27-13-11-26(12-14-27)31(32,33)34/h9,11-14,23,25,28H,2,6,8,10,15-21H2,1,3-5,7H3. The van der Waals surface area contributed by atoms with Gasteiger partial charge in [-0.2, -0.15) is 13.2 Å². The quantitative estimate of drug-likeness (QED) is 0.0880. The van der Waals surface area contributed by atoms with Gasteiger partial charge in [0.2, 0.25) is 0 Å². The van der Waals surface area contributed by atoms with Crippen molar-refractivity contribution in [3.8, 4) is 0 Å². The van der Waals surface area contributed by atoms with E-state index in [0.717, 1.165) is 79.7 Å². The Labute approximate surface area is 242 Å². The van der Waals surface area contributed by atoms with Crippen molar-refractivity contribution in [2.75, 3.05) is 43.9 Å². The van der Waals surface area contributed by atoms with Crippen LogP contribution < -0.4 is 4.90 Å². The summed E-state index contributed by atoms with van der Waals surface area (Å²) in [7, 11) is 1.98. The zero-order valence-corrected chi connectivity index (χ0v) is 25.5. The van der Waals surface area contributed by atoms with Crippen molar-refractivity contribution < 1.29 is 17.9 Å². The lowest BCUT2D eigenvalue weighted by Gasteiger charge is -2.39. The third-order valence-electron chi connectivity index (χ3n) is 7.85. The Kier molecular flexibility index (Phi) is 11.6. The van der Waals surface area contributed by atoms with Crippen LogP contribution >= 0.6 is 11.8 Å². The van der Waals surface area contributed by atoms with E-state index in [1.165, 1.54) is 18.4 Å². The maximum Gasteiger partial charge on any atom is 0.416 e. The highest BCUT2D eigenvalue weighted by Gasteiger charge is 2.38. The van der Waals surface area contributed by atoms with Crippen LogP contribution in [0.25, 0.3) is 0 Å². The predicted molar refractivity (Wildman–Crippen MR) is 163 cm³/mol. The number of aliphatic imine (C=N–C) groups is 1. The first-order chi connectivity index (χ1) is 19.0. The summed E-state index contributed by atoms with van der Waals surface area (Å²) < 4.78 is 44.7. The number of hydrogen-bond acceptors (Lipinski definition) is 5. The lowest BCUT2D eigenvalue weighted by molar-refractivity contribution is -0.137. The molecule has 0 N–H and O–H groups in total. The van der Waals surface area contributed by atoms with Gasteiger partial charge >= 0.3 is 6.18 Å². The Morgan fingerprint density at radius 1 is 1.23 bits per heavy atom. The molecule has 0 saturated carbocycles. The summed E-state index contributed by atoms with van der Waals surface area (Å²) in [6.45, 7) is 20.1. The third kappa shape index (κ3) is 8.32. The maximum atomic E-state index is 13.0. The molecule has 0 aliphatic carbocycles. The average molecular weight is 579 g/mol. The van der Waals surface area contributed by atoms with Gasteiger partial charge < -0.3 is 19.4 Å². The van der Waals surface area contributed by atoms with E-state index in [4.69, 9.17) is 9.73 Å². The molecule has 0 bridgehead atoms. The number of likely N-dealkylation sites (tertiary alicyclic amines) is 1. The van der Waals surface area contributed by atoms with E-state index in [9.17, 15) is 13.2 Å². The van der Waals surface area contributed by atoms with Crippen molar-refractivity contribution in [1.29, 1.82) is 0 Å². The highest BCUT2D eigenvalue weighted by molar-refractivity contribution is 8.13. The van der Waals surface area contributed by atoms with Crippen LogP contribution in [0.4, 0.5) is 18.9 Å². The Morgan fingerprint density at radius 3 is 2.50 bits per heavy atom. The van der Waals surface area contributed by atoms with Crippen molar-refractivity contribution in [3.05, 3.63) is 66.3 Å². The zero-order chi connectivity index (χ0) is 29.4. The highest BCUT2D eigenvalue weighted by atomic mass is 32.2. The molecule has 3 unspecified atom stereocenters. The van der Waals surface area contributed by atoms with E-state index in [-0.39, 0.29) is 6.04 Å². The number of piperidine rings is 1. The summed E-state index contributed by atoms with van der Waals surface area (Å²) in [5.41, 5.74) is 2.07. The van der Waals surface area contributed by atoms with Gasteiger partial charge in [-0.3, -0.25) is 4.99 Å². The summed E-state index contributed by atoms with van der Waals surface area (Å²) in [6.07, 6.45) is 1.32. The van der Waals surface area contributed by atoms with Gasteiger partial charge in [0.05, 0.1) is 17.5 Å². The number of benzene rings is 1. The molecule has 3 rings (SSSR count). The summed E-state index contributed by atoms with van der Waals surface area (Å²) in [5, 5.41) is 0.925. The summed E-state index contributed by atoms with van der Waals surface area (Å²) in [5.74, 6) is 2.22. The van der Waals surface area contributed by atoms with Gasteiger partial charge in [0.1, 0.15) is 5.76 Å². The number of alkyl halides is 3. The van der Waals surface area contributed by atoms with E-state index in [0.29, 0.717) is 17.7 Å². The van der Waals surface area contributed by atoms with Crippen LogP contribution in [0.1, 0.15) is 58.9 Å². The molecule has 9 heteroatoms. The highest BCUT2D eigenvalue weighted by Crippen LogP contribution is 2.37. The SMILES string of the molecule is C=COC(C(=C)N(C)C(=NC(C)CC)SCCCN1CCC2CCN(c3ccc(C(F)(F)F)cc3)C2C1)=C(C)C. The first-order valence-corrected chi connectivity index (χ1v) is 15.2. The zero-order valence-electron chi connectivity index (χ0n) is 24.6. The Morgan fingerprint density at radius 2 is 1.90 bits per heavy atom. The van der Waals surface area contributed by atoms with Crippen LogP contribution in [0.15, 0.2) is 65.7 Å². The number of allylic oxidation sites excluding steroid dienone is 1. The molecule has 2 fully saturated rings. The fraction of sp³-hybridized carbons (Fsp3) is 0.581. The van der Waals surface area contributed by atoms with Crippen LogP contribution in [0.2, 0.25) is 0 Å². The molecule has 1 aromatic rings. The first-order valence-electron chi connectivity index (χ1n) is 14.2. The second-order valence-corrected chi connectivity index (χ2v) is 12.0. The van der Waals surface area contributed by atoms with E-state index in [1.807, 2.05) is 25.8 Å². The summed E-state index contributed by atoms with van der Waals surface area (Å²) in [6, 6.07) is 6.21. The fourth-order valence-corrected chi connectivity index (χ4v) is 6.36. The number of halogens is 3. The molecule has 5 nitrogen and oxygen atoms in total. The molecule has 2 heterocycles. The van der Waals surface area contributed by atoms with Crippen LogP contribution in [0, 0.1) is 5.92 Å². The number of fused-ring (bicyclic) bond motifs is 1. The molecule has 0 radical (unpaired) electrons. The van der Waals surface area contributed by atoms with Crippen LogP contribution in [-0.4, -0.2) is 66.0 Å². The van der Waals surface area contributed by atoms with Gasteiger partial charge in [-0.15, -0.1) is 0 Å². The van der Waals surface area contributed by atoms with E-state index in [1.54, 1.807) is 23.9 Å². The molecule has 40 heavy (non-hydrogen) atoms. The number of ether oxygens (including phenoxy) is 1. The summed E-state index contributed by atoms with van der Waals surface area (Å²) >= 11 is 1.74. The number of amidine groups is 1. The molecule has 2 aliphatic rings. The Hall–Kier alpha value is -2.39. The maximum absolute atomic E-state index is 13.0. The lowest BCUT2D eigenvalue weighted by Crippen LogP contribution is -2.48. The second kappa shape index (κ2) is 14.5. The van der Waals surface area contributed by atoms with Gasteiger partial charge in [-0.05, 0) is 95.3 Å².